The van der Waals surface area contributed by atoms with E-state index in [1.807, 2.05) is 12.1 Å². The zero-order chi connectivity index (χ0) is 20.4. The molecular weight excluding hydrogens is 397 g/mol. The van der Waals surface area contributed by atoms with Crippen LogP contribution in [0.1, 0.15) is 5.56 Å². The van der Waals surface area contributed by atoms with Crippen molar-refractivity contribution in [2.75, 3.05) is 20.3 Å². The van der Waals surface area contributed by atoms with E-state index >= 15 is 0 Å². The van der Waals surface area contributed by atoms with Crippen LogP contribution in [-0.2, 0) is 26.2 Å². The molecule has 0 heterocycles. The second kappa shape index (κ2) is 7.94. The van der Waals surface area contributed by atoms with Crippen molar-refractivity contribution >= 4 is 31.7 Å². The summed E-state index contributed by atoms with van der Waals surface area (Å²) in [6, 6.07) is 13.3. The largest absolute Gasteiger partial charge is 0.534 e. The first-order valence-corrected chi connectivity index (χ1v) is 9.66. The predicted molar refractivity (Wildman–Crippen MR) is 98.6 cm³/mol. The first-order valence-electron chi connectivity index (χ1n) is 8.25. The molecule has 28 heavy (non-hydrogen) atoms. The Kier molecular flexibility index (Phi) is 5.78. The minimum atomic E-state index is -5.80. The van der Waals surface area contributed by atoms with Gasteiger partial charge in [-0.3, -0.25) is 0 Å². The van der Waals surface area contributed by atoms with Gasteiger partial charge >= 0.3 is 15.6 Å². The Bertz CT molecular complexity index is 1090. The van der Waals surface area contributed by atoms with Crippen molar-refractivity contribution in [2.45, 2.75) is 12.1 Å². The predicted octanol–water partition coefficient (Wildman–Crippen LogP) is 4.38. The third kappa shape index (κ3) is 4.06. The van der Waals surface area contributed by atoms with E-state index in [-0.39, 0.29) is 18.6 Å². The van der Waals surface area contributed by atoms with Crippen LogP contribution in [0, 0.1) is 0 Å². The number of fused-ring (bicyclic) bond motifs is 2. The zero-order valence-corrected chi connectivity index (χ0v) is 15.6. The van der Waals surface area contributed by atoms with Crippen molar-refractivity contribution < 1.29 is 35.2 Å². The summed E-state index contributed by atoms with van der Waals surface area (Å²) in [5.74, 6) is -0.397. The van der Waals surface area contributed by atoms with Crippen LogP contribution in [0.25, 0.3) is 21.5 Å². The van der Waals surface area contributed by atoms with Gasteiger partial charge in [-0.25, -0.2) is 0 Å². The lowest BCUT2D eigenvalue weighted by molar-refractivity contribution is -0.0499. The van der Waals surface area contributed by atoms with Gasteiger partial charge < -0.3 is 13.7 Å². The van der Waals surface area contributed by atoms with Gasteiger partial charge in [0.25, 0.3) is 0 Å². The first kappa shape index (κ1) is 20.4. The van der Waals surface area contributed by atoms with E-state index in [0.29, 0.717) is 17.6 Å². The second-order valence-electron chi connectivity index (χ2n) is 5.96. The molecule has 5 nitrogen and oxygen atoms in total. The van der Waals surface area contributed by atoms with Crippen molar-refractivity contribution in [1.29, 1.82) is 0 Å². The molecule has 0 aliphatic carbocycles. The van der Waals surface area contributed by atoms with E-state index in [4.69, 9.17) is 9.47 Å². The third-order valence-electron chi connectivity index (χ3n) is 4.12. The van der Waals surface area contributed by atoms with Crippen LogP contribution in [0.5, 0.6) is 5.75 Å². The standard InChI is InChI=1S/C19H17F3O5S/c1-25-9-10-26-12-16-15-7-3-2-5-13(15)11-14-6-4-8-17(18(14)16)27-28(23,24)19(20,21)22/h2-8,11H,9-10,12H2,1H3. The fraction of sp³-hybridized carbons (Fsp3) is 0.263. The quantitative estimate of drug-likeness (QED) is 0.248. The Morgan fingerprint density at radius 2 is 1.68 bits per heavy atom. The molecule has 9 heteroatoms. The molecule has 0 aliphatic rings. The smallest absolute Gasteiger partial charge is 0.382 e. The molecule has 3 rings (SSSR count). The highest BCUT2D eigenvalue weighted by Crippen LogP contribution is 2.37. The highest BCUT2D eigenvalue weighted by molar-refractivity contribution is 7.88. The van der Waals surface area contributed by atoms with E-state index < -0.39 is 21.4 Å². The van der Waals surface area contributed by atoms with E-state index in [2.05, 4.69) is 4.18 Å². The Morgan fingerprint density at radius 3 is 2.39 bits per heavy atom. The van der Waals surface area contributed by atoms with Crippen molar-refractivity contribution in [2.24, 2.45) is 0 Å². The van der Waals surface area contributed by atoms with Crippen molar-refractivity contribution in [1.82, 2.24) is 0 Å². The topological polar surface area (TPSA) is 61.8 Å². The Balaban J connectivity index is 2.19. The fourth-order valence-corrected chi connectivity index (χ4v) is 3.36. The normalized spacial score (nSPS) is 12.6. The van der Waals surface area contributed by atoms with Crippen molar-refractivity contribution in [3.05, 3.63) is 54.1 Å². The monoisotopic (exact) mass is 414 g/mol. The molecule has 0 saturated heterocycles. The molecule has 150 valence electrons. The van der Waals surface area contributed by atoms with E-state index in [9.17, 15) is 21.6 Å². The van der Waals surface area contributed by atoms with Crippen LogP contribution in [0.2, 0.25) is 0 Å². The molecule has 0 radical (unpaired) electrons. The summed E-state index contributed by atoms with van der Waals surface area (Å²) in [6.45, 7) is 0.660. The molecule has 0 amide bonds. The number of hydrogen-bond donors (Lipinski definition) is 0. The molecule has 0 spiro atoms. The summed E-state index contributed by atoms with van der Waals surface area (Å²) < 4.78 is 76.5. The highest BCUT2D eigenvalue weighted by atomic mass is 32.2. The van der Waals surface area contributed by atoms with E-state index in [1.54, 1.807) is 24.3 Å². The maximum atomic E-state index is 12.8. The summed E-state index contributed by atoms with van der Waals surface area (Å²) in [6.07, 6.45) is 0. The molecule has 0 aliphatic heterocycles. The van der Waals surface area contributed by atoms with Crippen LogP contribution >= 0.6 is 0 Å². The van der Waals surface area contributed by atoms with Crippen LogP contribution in [0.3, 0.4) is 0 Å². The van der Waals surface area contributed by atoms with Crippen molar-refractivity contribution in [3.8, 4) is 5.75 Å². The van der Waals surface area contributed by atoms with Gasteiger partial charge in [0.15, 0.2) is 5.75 Å². The van der Waals surface area contributed by atoms with Gasteiger partial charge in [0.05, 0.1) is 19.8 Å². The average molecular weight is 414 g/mol. The minimum Gasteiger partial charge on any atom is -0.382 e. The molecule has 0 N–H and O–H groups in total. The number of hydrogen-bond acceptors (Lipinski definition) is 5. The molecule has 0 bridgehead atoms. The van der Waals surface area contributed by atoms with Gasteiger partial charge in [-0.05, 0) is 33.9 Å². The summed E-state index contributed by atoms with van der Waals surface area (Å²) in [5, 5.41) is 2.37. The third-order valence-corrected chi connectivity index (χ3v) is 5.08. The highest BCUT2D eigenvalue weighted by Gasteiger charge is 2.48. The Hall–Kier alpha value is -2.36. The second-order valence-corrected chi connectivity index (χ2v) is 7.50. The number of rotatable bonds is 7. The lowest BCUT2D eigenvalue weighted by Crippen LogP contribution is -2.28. The fourth-order valence-electron chi connectivity index (χ4n) is 2.89. The summed E-state index contributed by atoms with van der Waals surface area (Å²) in [4.78, 5) is 0. The van der Waals surface area contributed by atoms with Gasteiger partial charge in [-0.15, -0.1) is 0 Å². The number of ether oxygens (including phenoxy) is 2. The maximum Gasteiger partial charge on any atom is 0.534 e. The lowest BCUT2D eigenvalue weighted by Gasteiger charge is -2.16. The molecule has 0 unspecified atom stereocenters. The minimum absolute atomic E-state index is 0.0493. The molecular formula is C19H17F3O5S. The number of benzene rings is 3. The molecule has 0 atom stereocenters. The number of halogens is 3. The Morgan fingerprint density at radius 1 is 0.964 bits per heavy atom. The summed E-state index contributed by atoms with van der Waals surface area (Å²) in [5.41, 5.74) is -4.99. The van der Waals surface area contributed by atoms with E-state index in [1.165, 1.54) is 19.2 Å². The van der Waals surface area contributed by atoms with Gasteiger partial charge in [0.1, 0.15) is 0 Å². The van der Waals surface area contributed by atoms with Gasteiger partial charge in [0, 0.05) is 12.5 Å². The molecule has 0 fully saturated rings. The average Bonchev–Trinajstić information content (AvgIpc) is 2.63. The Labute approximate surface area is 159 Å². The molecule has 3 aromatic carbocycles. The van der Waals surface area contributed by atoms with Crippen LogP contribution in [0.4, 0.5) is 13.2 Å². The molecule has 3 aromatic rings. The van der Waals surface area contributed by atoms with E-state index in [0.717, 1.165) is 10.8 Å². The van der Waals surface area contributed by atoms with Gasteiger partial charge in [-0.1, -0.05) is 36.4 Å². The SMILES string of the molecule is COCCOCc1c2ccccc2cc2cccc(OS(=O)(=O)C(F)(F)F)c12. The maximum absolute atomic E-state index is 12.8. The number of methoxy groups -OCH3 is 1. The molecule has 0 saturated carbocycles. The van der Waals surface area contributed by atoms with Crippen molar-refractivity contribution in [3.63, 3.8) is 0 Å². The van der Waals surface area contributed by atoms with Crippen LogP contribution in [0.15, 0.2) is 48.5 Å². The molecule has 0 aromatic heterocycles. The van der Waals surface area contributed by atoms with Crippen LogP contribution < -0.4 is 4.18 Å². The number of alkyl halides is 3. The first-order chi connectivity index (χ1) is 13.2. The van der Waals surface area contributed by atoms with Crippen LogP contribution in [-0.4, -0.2) is 34.2 Å². The summed E-state index contributed by atoms with van der Waals surface area (Å²) in [7, 11) is -4.28. The zero-order valence-electron chi connectivity index (χ0n) is 14.8. The summed E-state index contributed by atoms with van der Waals surface area (Å²) >= 11 is 0. The van der Waals surface area contributed by atoms with Gasteiger partial charge in [-0.2, -0.15) is 21.6 Å². The lowest BCUT2D eigenvalue weighted by atomic mass is 9.96. The van der Waals surface area contributed by atoms with Gasteiger partial charge in [0.2, 0.25) is 0 Å².